The maximum Gasteiger partial charge on any atom is 0.161 e. The van der Waals surface area contributed by atoms with Gasteiger partial charge in [0.05, 0.1) is 11.4 Å². The highest BCUT2D eigenvalue weighted by atomic mass is 16.3. The second kappa shape index (κ2) is 11.4. The van der Waals surface area contributed by atoms with E-state index in [4.69, 9.17) is 18.8 Å². The molecule has 0 unspecified atom stereocenters. The Hall–Kier alpha value is -6.78. The molecule has 0 radical (unpaired) electrons. The summed E-state index contributed by atoms with van der Waals surface area (Å²) in [6, 6.07) is 58.3. The van der Waals surface area contributed by atoms with E-state index in [1.165, 1.54) is 0 Å². The first-order valence-electron chi connectivity index (χ1n) is 16.7. The lowest BCUT2D eigenvalue weighted by Gasteiger charge is -2.14. The third kappa shape index (κ3) is 4.54. The van der Waals surface area contributed by atoms with Crippen LogP contribution in [-0.2, 0) is 0 Å². The Morgan fingerprint density at radius 3 is 1.68 bits per heavy atom. The normalized spacial score (nSPS) is 11.6. The molecule has 0 bridgehead atoms. The molecule has 0 aliphatic heterocycles. The van der Waals surface area contributed by atoms with Crippen molar-refractivity contribution >= 4 is 43.9 Å². The predicted octanol–water partition coefficient (Wildman–Crippen LogP) is 12.6. The highest BCUT2D eigenvalue weighted by Gasteiger charge is 2.22. The molecular weight excluding hydrogens is 613 g/mol. The van der Waals surface area contributed by atoms with Gasteiger partial charge in [-0.15, -0.1) is 0 Å². The zero-order valence-electron chi connectivity index (χ0n) is 26.9. The molecule has 50 heavy (non-hydrogen) atoms. The lowest BCUT2D eigenvalue weighted by atomic mass is 9.94. The van der Waals surface area contributed by atoms with Gasteiger partial charge in [0.15, 0.2) is 5.82 Å². The van der Waals surface area contributed by atoms with Crippen molar-refractivity contribution in [2.24, 2.45) is 0 Å². The molecule has 0 atom stereocenters. The maximum atomic E-state index is 6.77. The lowest BCUT2D eigenvalue weighted by Crippen LogP contribution is -1.98. The summed E-state index contributed by atoms with van der Waals surface area (Å²) >= 11 is 0. The molecule has 3 aromatic heterocycles. The minimum absolute atomic E-state index is 0.667. The molecule has 0 aliphatic carbocycles. The van der Waals surface area contributed by atoms with Gasteiger partial charge in [0.2, 0.25) is 0 Å². The standard InChI is InChI=1S/C46H28N2O2/c1-3-14-29(15-4-1)31-18-7-8-19-34(31)46-47-38(30-16-5-2-6-17-30)28-39(48-46)35-27-26-33(45-44(35)37-21-10-12-24-41(37)50-45)32-22-13-25-42-43(32)36-20-9-11-23-40(36)49-42/h1-28H. The maximum absolute atomic E-state index is 6.77. The Bertz CT molecular complexity index is 2870. The summed E-state index contributed by atoms with van der Waals surface area (Å²) in [7, 11) is 0. The van der Waals surface area contributed by atoms with Gasteiger partial charge in [-0.3, -0.25) is 0 Å². The van der Waals surface area contributed by atoms with Crippen molar-refractivity contribution in [1.29, 1.82) is 0 Å². The number of benzene rings is 7. The Morgan fingerprint density at radius 1 is 0.340 bits per heavy atom. The summed E-state index contributed by atoms with van der Waals surface area (Å²) in [4.78, 5) is 10.5. The quantitative estimate of drug-likeness (QED) is 0.188. The van der Waals surface area contributed by atoms with Crippen molar-refractivity contribution in [1.82, 2.24) is 9.97 Å². The van der Waals surface area contributed by atoms with Gasteiger partial charge >= 0.3 is 0 Å². The number of para-hydroxylation sites is 2. The van der Waals surface area contributed by atoms with E-state index in [0.717, 1.165) is 94.2 Å². The second-order valence-corrected chi connectivity index (χ2v) is 12.5. The molecule has 4 nitrogen and oxygen atoms in total. The highest BCUT2D eigenvalue weighted by Crippen LogP contribution is 2.45. The Morgan fingerprint density at radius 2 is 0.900 bits per heavy atom. The fourth-order valence-electron chi connectivity index (χ4n) is 7.26. The predicted molar refractivity (Wildman–Crippen MR) is 204 cm³/mol. The SMILES string of the molecule is c1ccc(-c2cc(-c3ccc(-c4cccc5oc6ccccc6c45)c4oc5ccccc5c34)nc(-c3ccccc3-c3ccccc3)n2)cc1. The lowest BCUT2D eigenvalue weighted by molar-refractivity contribution is 0.668. The molecule has 0 fully saturated rings. The number of aromatic nitrogens is 2. The molecule has 0 saturated carbocycles. The second-order valence-electron chi connectivity index (χ2n) is 12.5. The van der Waals surface area contributed by atoms with Crippen molar-refractivity contribution in [2.75, 3.05) is 0 Å². The average molecular weight is 641 g/mol. The van der Waals surface area contributed by atoms with Gasteiger partial charge < -0.3 is 8.83 Å². The zero-order chi connectivity index (χ0) is 33.0. The molecule has 10 rings (SSSR count). The third-order valence-electron chi connectivity index (χ3n) is 9.54. The molecule has 4 heteroatoms. The highest BCUT2D eigenvalue weighted by molar-refractivity contribution is 6.20. The molecule has 0 aliphatic rings. The molecule has 0 spiro atoms. The van der Waals surface area contributed by atoms with E-state index in [-0.39, 0.29) is 0 Å². The number of furan rings is 2. The van der Waals surface area contributed by atoms with E-state index >= 15 is 0 Å². The molecule has 234 valence electrons. The summed E-state index contributed by atoms with van der Waals surface area (Å²) < 4.78 is 13.1. The smallest absolute Gasteiger partial charge is 0.161 e. The van der Waals surface area contributed by atoms with E-state index in [1.54, 1.807) is 0 Å². The molecule has 10 aromatic rings. The number of rotatable bonds is 5. The number of nitrogens with zero attached hydrogens (tertiary/aromatic N) is 2. The van der Waals surface area contributed by atoms with E-state index in [9.17, 15) is 0 Å². The Balaban J connectivity index is 1.26. The van der Waals surface area contributed by atoms with Gasteiger partial charge in [0.1, 0.15) is 22.3 Å². The number of fused-ring (bicyclic) bond motifs is 6. The molecule has 0 saturated heterocycles. The largest absolute Gasteiger partial charge is 0.456 e. The first-order chi connectivity index (χ1) is 24.8. The molecule has 7 aromatic carbocycles. The fourth-order valence-corrected chi connectivity index (χ4v) is 7.26. The number of hydrogen-bond acceptors (Lipinski definition) is 4. The first kappa shape index (κ1) is 28.3. The minimum atomic E-state index is 0.667. The first-order valence-corrected chi connectivity index (χ1v) is 16.7. The monoisotopic (exact) mass is 640 g/mol. The van der Waals surface area contributed by atoms with Crippen molar-refractivity contribution in [3.8, 4) is 56.2 Å². The van der Waals surface area contributed by atoms with Crippen LogP contribution in [0.4, 0.5) is 0 Å². The van der Waals surface area contributed by atoms with Crippen LogP contribution in [0, 0.1) is 0 Å². The van der Waals surface area contributed by atoms with Crippen LogP contribution in [0.3, 0.4) is 0 Å². The van der Waals surface area contributed by atoms with Crippen LogP contribution in [-0.4, -0.2) is 9.97 Å². The van der Waals surface area contributed by atoms with Gasteiger partial charge in [-0.25, -0.2) is 9.97 Å². The van der Waals surface area contributed by atoms with E-state index in [0.29, 0.717) is 5.82 Å². The summed E-state index contributed by atoms with van der Waals surface area (Å²) in [5, 5.41) is 4.21. The van der Waals surface area contributed by atoms with Crippen LogP contribution >= 0.6 is 0 Å². The van der Waals surface area contributed by atoms with Crippen LogP contribution < -0.4 is 0 Å². The van der Waals surface area contributed by atoms with Crippen LogP contribution in [0.1, 0.15) is 0 Å². The Kier molecular flexibility index (Phi) is 6.46. The average Bonchev–Trinajstić information content (AvgIpc) is 3.77. The van der Waals surface area contributed by atoms with Gasteiger partial charge in [-0.2, -0.15) is 0 Å². The van der Waals surface area contributed by atoms with E-state index < -0.39 is 0 Å². The van der Waals surface area contributed by atoms with Gasteiger partial charge in [0.25, 0.3) is 0 Å². The number of hydrogen-bond donors (Lipinski definition) is 0. The van der Waals surface area contributed by atoms with Crippen molar-refractivity contribution in [3.63, 3.8) is 0 Å². The Labute approximate surface area is 287 Å². The van der Waals surface area contributed by atoms with E-state index in [1.807, 2.05) is 54.6 Å². The fraction of sp³-hybridized carbons (Fsp3) is 0. The molecule has 0 amide bonds. The van der Waals surface area contributed by atoms with E-state index in [2.05, 4.69) is 115 Å². The van der Waals surface area contributed by atoms with Crippen LogP contribution in [0.15, 0.2) is 179 Å². The summed E-state index contributed by atoms with van der Waals surface area (Å²) in [5.41, 5.74) is 12.3. The van der Waals surface area contributed by atoms with Gasteiger partial charge in [0, 0.05) is 43.8 Å². The minimum Gasteiger partial charge on any atom is -0.456 e. The zero-order valence-corrected chi connectivity index (χ0v) is 26.9. The summed E-state index contributed by atoms with van der Waals surface area (Å²) in [5.74, 6) is 0.667. The summed E-state index contributed by atoms with van der Waals surface area (Å²) in [6.07, 6.45) is 0. The third-order valence-corrected chi connectivity index (χ3v) is 9.54. The van der Waals surface area contributed by atoms with Crippen LogP contribution in [0.2, 0.25) is 0 Å². The van der Waals surface area contributed by atoms with Crippen LogP contribution in [0.25, 0.3) is 100 Å². The van der Waals surface area contributed by atoms with Crippen molar-refractivity contribution in [2.45, 2.75) is 0 Å². The van der Waals surface area contributed by atoms with Gasteiger partial charge in [-0.1, -0.05) is 140 Å². The summed E-state index contributed by atoms with van der Waals surface area (Å²) in [6.45, 7) is 0. The molecule has 3 heterocycles. The van der Waals surface area contributed by atoms with Crippen molar-refractivity contribution < 1.29 is 8.83 Å². The molecule has 0 N–H and O–H groups in total. The topological polar surface area (TPSA) is 52.1 Å². The van der Waals surface area contributed by atoms with Gasteiger partial charge in [-0.05, 0) is 47.0 Å². The molecular formula is C46H28N2O2. The van der Waals surface area contributed by atoms with Crippen molar-refractivity contribution in [3.05, 3.63) is 170 Å². The van der Waals surface area contributed by atoms with Crippen LogP contribution in [0.5, 0.6) is 0 Å².